The zero-order valence-electron chi connectivity index (χ0n) is 11.5. The summed E-state index contributed by atoms with van der Waals surface area (Å²) < 4.78 is 0. The van der Waals surface area contributed by atoms with Gasteiger partial charge in [0.05, 0.1) is 0 Å². The normalized spacial score (nSPS) is 20.6. The molecule has 1 atom stereocenters. The third-order valence-corrected chi connectivity index (χ3v) is 3.49. The molecule has 0 bridgehead atoms. The van der Waals surface area contributed by atoms with Crippen molar-refractivity contribution in [2.24, 2.45) is 10.9 Å². The summed E-state index contributed by atoms with van der Waals surface area (Å²) in [7, 11) is 2.05. The van der Waals surface area contributed by atoms with E-state index in [2.05, 4.69) is 22.4 Å². The fourth-order valence-electron chi connectivity index (χ4n) is 2.43. The first kappa shape index (κ1) is 14.3. The standard InChI is InChI=1S/C14H20N4O2/c1-18-7-3-6-12(9-18)16-14(19)11-5-2-4-10(8-11)13(15)17-20/h2,4-5,8,12,20H,3,6-7,9H2,1H3,(H2,15,17)(H,16,19). The fourth-order valence-corrected chi connectivity index (χ4v) is 2.43. The van der Waals surface area contributed by atoms with Gasteiger partial charge in [0.2, 0.25) is 0 Å². The molecule has 1 aliphatic heterocycles. The van der Waals surface area contributed by atoms with Crippen molar-refractivity contribution in [3.05, 3.63) is 35.4 Å². The highest BCUT2D eigenvalue weighted by Gasteiger charge is 2.19. The van der Waals surface area contributed by atoms with Crippen LogP contribution in [0.15, 0.2) is 29.4 Å². The molecule has 1 unspecified atom stereocenters. The molecule has 6 heteroatoms. The van der Waals surface area contributed by atoms with Crippen molar-refractivity contribution >= 4 is 11.7 Å². The van der Waals surface area contributed by atoms with Gasteiger partial charge in [0.1, 0.15) is 0 Å². The van der Waals surface area contributed by atoms with E-state index in [1.54, 1.807) is 24.3 Å². The molecule has 0 aliphatic carbocycles. The Balaban J connectivity index is 2.05. The molecule has 2 rings (SSSR count). The van der Waals surface area contributed by atoms with Crippen molar-refractivity contribution < 1.29 is 10.0 Å². The van der Waals surface area contributed by atoms with Crippen LogP contribution in [0.25, 0.3) is 0 Å². The predicted molar refractivity (Wildman–Crippen MR) is 76.9 cm³/mol. The monoisotopic (exact) mass is 276 g/mol. The van der Waals surface area contributed by atoms with Gasteiger partial charge in [0.25, 0.3) is 5.91 Å². The summed E-state index contributed by atoms with van der Waals surface area (Å²) in [6.45, 7) is 1.94. The quantitative estimate of drug-likeness (QED) is 0.326. The number of nitrogens with two attached hydrogens (primary N) is 1. The summed E-state index contributed by atoms with van der Waals surface area (Å²) >= 11 is 0. The minimum Gasteiger partial charge on any atom is -0.409 e. The predicted octanol–water partition coefficient (Wildman–Crippen LogP) is 0.605. The molecule has 1 fully saturated rings. The molecule has 0 saturated carbocycles. The Labute approximate surface area is 118 Å². The minimum absolute atomic E-state index is 0.00273. The van der Waals surface area contributed by atoms with E-state index in [0.717, 1.165) is 25.9 Å². The molecule has 1 aromatic rings. The first-order valence-corrected chi connectivity index (χ1v) is 6.67. The van der Waals surface area contributed by atoms with Gasteiger partial charge in [-0.2, -0.15) is 0 Å². The number of rotatable bonds is 3. The molecule has 0 aromatic heterocycles. The molecular formula is C14H20N4O2. The SMILES string of the molecule is CN1CCCC(NC(=O)c2cccc(/C(N)=N/O)c2)C1. The molecule has 1 saturated heterocycles. The molecule has 4 N–H and O–H groups in total. The first-order chi connectivity index (χ1) is 9.60. The summed E-state index contributed by atoms with van der Waals surface area (Å²) in [6, 6.07) is 6.93. The molecule has 20 heavy (non-hydrogen) atoms. The van der Waals surface area contributed by atoms with E-state index in [9.17, 15) is 4.79 Å². The maximum atomic E-state index is 12.2. The van der Waals surface area contributed by atoms with Gasteiger partial charge in [-0.15, -0.1) is 0 Å². The number of benzene rings is 1. The Morgan fingerprint density at radius 1 is 1.50 bits per heavy atom. The van der Waals surface area contributed by atoms with E-state index in [0.29, 0.717) is 11.1 Å². The third-order valence-electron chi connectivity index (χ3n) is 3.49. The summed E-state index contributed by atoms with van der Waals surface area (Å²) in [6.07, 6.45) is 2.08. The highest BCUT2D eigenvalue weighted by molar-refractivity contribution is 6.01. The van der Waals surface area contributed by atoms with E-state index >= 15 is 0 Å². The second kappa shape index (κ2) is 6.38. The number of carbonyl (C=O) groups is 1. The van der Waals surface area contributed by atoms with Crippen LogP contribution in [0.5, 0.6) is 0 Å². The second-order valence-electron chi connectivity index (χ2n) is 5.14. The van der Waals surface area contributed by atoms with Crippen molar-refractivity contribution in [1.82, 2.24) is 10.2 Å². The molecule has 1 heterocycles. The number of oxime groups is 1. The number of amides is 1. The summed E-state index contributed by atoms with van der Waals surface area (Å²) in [5.41, 5.74) is 6.57. The maximum absolute atomic E-state index is 12.2. The number of carbonyl (C=O) groups excluding carboxylic acids is 1. The van der Waals surface area contributed by atoms with Crippen molar-refractivity contribution in [3.63, 3.8) is 0 Å². The van der Waals surface area contributed by atoms with Crippen LogP contribution in [-0.2, 0) is 0 Å². The number of likely N-dealkylation sites (N-methyl/N-ethyl adjacent to an activating group) is 1. The molecule has 1 amide bonds. The molecule has 108 valence electrons. The zero-order valence-corrected chi connectivity index (χ0v) is 11.5. The van der Waals surface area contributed by atoms with E-state index in [4.69, 9.17) is 10.9 Å². The molecule has 0 spiro atoms. The van der Waals surface area contributed by atoms with Gasteiger partial charge in [0.15, 0.2) is 5.84 Å². The maximum Gasteiger partial charge on any atom is 0.251 e. The number of hydrogen-bond donors (Lipinski definition) is 3. The van der Waals surface area contributed by atoms with E-state index < -0.39 is 0 Å². The van der Waals surface area contributed by atoms with Crippen LogP contribution in [0.2, 0.25) is 0 Å². The lowest BCUT2D eigenvalue weighted by Crippen LogP contribution is -2.46. The molecule has 1 aromatic carbocycles. The van der Waals surface area contributed by atoms with Gasteiger partial charge in [-0.3, -0.25) is 4.79 Å². The smallest absolute Gasteiger partial charge is 0.251 e. The zero-order chi connectivity index (χ0) is 14.5. The van der Waals surface area contributed by atoms with Crippen molar-refractivity contribution in [1.29, 1.82) is 0 Å². The van der Waals surface area contributed by atoms with Crippen LogP contribution < -0.4 is 11.1 Å². The Kier molecular flexibility index (Phi) is 4.57. The van der Waals surface area contributed by atoms with Crippen LogP contribution in [0.3, 0.4) is 0 Å². The lowest BCUT2D eigenvalue weighted by Gasteiger charge is -2.30. The van der Waals surface area contributed by atoms with Gasteiger partial charge in [0, 0.05) is 23.7 Å². The number of likely N-dealkylation sites (tertiary alicyclic amines) is 1. The average molecular weight is 276 g/mol. The highest BCUT2D eigenvalue weighted by Crippen LogP contribution is 2.10. The Morgan fingerprint density at radius 3 is 2.95 bits per heavy atom. The summed E-state index contributed by atoms with van der Waals surface area (Å²) in [5, 5.41) is 14.6. The minimum atomic E-state index is -0.127. The summed E-state index contributed by atoms with van der Waals surface area (Å²) in [4.78, 5) is 14.4. The van der Waals surface area contributed by atoms with Crippen LogP contribution in [0, 0.1) is 0 Å². The van der Waals surface area contributed by atoms with Crippen LogP contribution in [0.1, 0.15) is 28.8 Å². The highest BCUT2D eigenvalue weighted by atomic mass is 16.4. The summed E-state index contributed by atoms with van der Waals surface area (Å²) in [5.74, 6) is -0.130. The van der Waals surface area contributed by atoms with Gasteiger partial charge >= 0.3 is 0 Å². The fraction of sp³-hybridized carbons (Fsp3) is 0.429. The molecule has 1 aliphatic rings. The van der Waals surface area contributed by atoms with Crippen molar-refractivity contribution in [2.45, 2.75) is 18.9 Å². The number of nitrogens with one attached hydrogen (secondary N) is 1. The Hall–Kier alpha value is -2.08. The van der Waals surface area contributed by atoms with Gasteiger partial charge in [-0.25, -0.2) is 0 Å². The van der Waals surface area contributed by atoms with Crippen molar-refractivity contribution in [3.8, 4) is 0 Å². The Bertz CT molecular complexity index is 516. The van der Waals surface area contributed by atoms with E-state index in [1.807, 2.05) is 0 Å². The van der Waals surface area contributed by atoms with Gasteiger partial charge in [-0.1, -0.05) is 17.3 Å². The second-order valence-corrected chi connectivity index (χ2v) is 5.14. The average Bonchev–Trinajstić information content (AvgIpc) is 2.46. The first-order valence-electron chi connectivity index (χ1n) is 6.67. The van der Waals surface area contributed by atoms with Gasteiger partial charge in [-0.05, 0) is 38.6 Å². The number of nitrogens with zero attached hydrogens (tertiary/aromatic N) is 2. The number of hydrogen-bond acceptors (Lipinski definition) is 4. The topological polar surface area (TPSA) is 91.0 Å². The molecular weight excluding hydrogens is 256 g/mol. The van der Waals surface area contributed by atoms with Crippen LogP contribution >= 0.6 is 0 Å². The van der Waals surface area contributed by atoms with Crippen molar-refractivity contribution in [2.75, 3.05) is 20.1 Å². The lowest BCUT2D eigenvalue weighted by atomic mass is 10.0. The van der Waals surface area contributed by atoms with Gasteiger partial charge < -0.3 is 21.2 Å². The van der Waals surface area contributed by atoms with E-state index in [1.165, 1.54) is 0 Å². The van der Waals surface area contributed by atoms with E-state index in [-0.39, 0.29) is 17.8 Å². The Morgan fingerprint density at radius 2 is 2.25 bits per heavy atom. The molecule has 6 nitrogen and oxygen atoms in total. The van der Waals surface area contributed by atoms with Crippen LogP contribution in [0.4, 0.5) is 0 Å². The third kappa shape index (κ3) is 3.48. The lowest BCUT2D eigenvalue weighted by molar-refractivity contribution is 0.0912. The number of piperidine rings is 1. The van der Waals surface area contributed by atoms with Crippen LogP contribution in [-0.4, -0.2) is 48.0 Å². The largest absolute Gasteiger partial charge is 0.409 e. The number of amidine groups is 1. The molecule has 0 radical (unpaired) electrons.